The van der Waals surface area contributed by atoms with E-state index in [1.54, 1.807) is 13.0 Å². The molecular weight excluding hydrogens is 260 g/mol. The van der Waals surface area contributed by atoms with Crippen molar-refractivity contribution in [2.75, 3.05) is 32.8 Å². The molecule has 2 rings (SSSR count). The Morgan fingerprint density at radius 1 is 1.60 bits per heavy atom. The van der Waals surface area contributed by atoms with Crippen LogP contribution in [0.5, 0.6) is 0 Å². The summed E-state index contributed by atoms with van der Waals surface area (Å²) in [5.74, 6) is -0.395. The molecule has 2 N–H and O–H groups in total. The lowest BCUT2D eigenvalue weighted by molar-refractivity contribution is -0.0253. The van der Waals surface area contributed by atoms with Crippen LogP contribution in [0.1, 0.15) is 28.8 Å². The SMILES string of the molecule is CCN1CCOC(CNCc2cc(C(=O)O)oc2C)C1. The van der Waals surface area contributed by atoms with E-state index in [9.17, 15) is 4.79 Å². The average Bonchev–Trinajstić information content (AvgIpc) is 2.81. The van der Waals surface area contributed by atoms with Crippen LogP contribution in [0.2, 0.25) is 0 Å². The lowest BCUT2D eigenvalue weighted by Gasteiger charge is -2.32. The van der Waals surface area contributed by atoms with Crippen LogP contribution in [0.15, 0.2) is 10.5 Å². The van der Waals surface area contributed by atoms with Gasteiger partial charge in [-0.05, 0) is 19.5 Å². The van der Waals surface area contributed by atoms with Gasteiger partial charge in [0.05, 0.1) is 12.7 Å². The van der Waals surface area contributed by atoms with Crippen molar-refractivity contribution in [3.8, 4) is 0 Å². The van der Waals surface area contributed by atoms with Gasteiger partial charge in [0.15, 0.2) is 0 Å². The van der Waals surface area contributed by atoms with Crippen LogP contribution < -0.4 is 5.32 Å². The van der Waals surface area contributed by atoms with Crippen LogP contribution in [-0.4, -0.2) is 54.9 Å². The van der Waals surface area contributed by atoms with Crippen LogP contribution in [0.25, 0.3) is 0 Å². The smallest absolute Gasteiger partial charge is 0.371 e. The minimum Gasteiger partial charge on any atom is -0.475 e. The van der Waals surface area contributed by atoms with Crippen molar-refractivity contribution in [1.82, 2.24) is 10.2 Å². The molecule has 6 heteroatoms. The molecule has 1 unspecified atom stereocenters. The van der Waals surface area contributed by atoms with Crippen LogP contribution in [-0.2, 0) is 11.3 Å². The van der Waals surface area contributed by atoms with Gasteiger partial charge in [-0.2, -0.15) is 0 Å². The zero-order valence-electron chi connectivity index (χ0n) is 12.0. The second-order valence-electron chi connectivity index (χ2n) is 5.01. The fourth-order valence-electron chi connectivity index (χ4n) is 2.36. The van der Waals surface area contributed by atoms with Crippen molar-refractivity contribution >= 4 is 5.97 Å². The highest BCUT2D eigenvalue weighted by Crippen LogP contribution is 2.14. The minimum atomic E-state index is -1.03. The van der Waals surface area contributed by atoms with E-state index >= 15 is 0 Å². The van der Waals surface area contributed by atoms with Gasteiger partial charge in [0.25, 0.3) is 0 Å². The minimum absolute atomic E-state index is 0.00891. The molecule has 1 saturated heterocycles. The molecule has 0 radical (unpaired) electrons. The maximum absolute atomic E-state index is 10.8. The summed E-state index contributed by atoms with van der Waals surface area (Å²) in [5, 5.41) is 12.2. The number of ether oxygens (including phenoxy) is 1. The number of aromatic carboxylic acids is 1. The number of furan rings is 1. The topological polar surface area (TPSA) is 74.9 Å². The highest BCUT2D eigenvalue weighted by molar-refractivity contribution is 5.84. The molecule has 1 atom stereocenters. The van der Waals surface area contributed by atoms with E-state index in [1.165, 1.54) is 0 Å². The first kappa shape index (κ1) is 15.0. The molecule has 112 valence electrons. The summed E-state index contributed by atoms with van der Waals surface area (Å²) < 4.78 is 10.9. The number of hydrogen-bond acceptors (Lipinski definition) is 5. The van der Waals surface area contributed by atoms with Crippen molar-refractivity contribution in [3.63, 3.8) is 0 Å². The number of nitrogens with zero attached hydrogens (tertiary/aromatic N) is 1. The third-order valence-electron chi connectivity index (χ3n) is 3.59. The fourth-order valence-corrected chi connectivity index (χ4v) is 2.36. The van der Waals surface area contributed by atoms with Gasteiger partial charge >= 0.3 is 5.97 Å². The number of morpholine rings is 1. The number of carboxylic acids is 1. The Balaban J connectivity index is 1.79. The monoisotopic (exact) mass is 282 g/mol. The average molecular weight is 282 g/mol. The second kappa shape index (κ2) is 6.88. The van der Waals surface area contributed by atoms with Gasteiger partial charge in [-0.1, -0.05) is 6.92 Å². The number of hydrogen-bond donors (Lipinski definition) is 2. The molecule has 0 saturated carbocycles. The first-order valence-electron chi connectivity index (χ1n) is 6.97. The van der Waals surface area contributed by atoms with E-state index in [0.717, 1.165) is 38.3 Å². The second-order valence-corrected chi connectivity index (χ2v) is 5.01. The predicted octanol–water partition coefficient (Wildman–Crippen LogP) is 1.10. The molecule has 1 aliphatic rings. The number of rotatable bonds is 6. The highest BCUT2D eigenvalue weighted by atomic mass is 16.5. The van der Waals surface area contributed by atoms with Crippen molar-refractivity contribution < 1.29 is 19.1 Å². The first-order valence-corrected chi connectivity index (χ1v) is 6.97. The molecule has 1 fully saturated rings. The van der Waals surface area contributed by atoms with Crippen LogP contribution in [0.4, 0.5) is 0 Å². The third-order valence-corrected chi connectivity index (χ3v) is 3.59. The van der Waals surface area contributed by atoms with E-state index in [4.69, 9.17) is 14.3 Å². The van der Waals surface area contributed by atoms with Crippen LogP contribution >= 0.6 is 0 Å². The molecule has 1 aromatic rings. The molecule has 0 amide bonds. The lowest BCUT2D eigenvalue weighted by Crippen LogP contribution is -2.46. The van der Waals surface area contributed by atoms with Gasteiger partial charge in [0, 0.05) is 31.7 Å². The Morgan fingerprint density at radius 2 is 2.40 bits per heavy atom. The molecule has 20 heavy (non-hydrogen) atoms. The molecule has 0 spiro atoms. The molecule has 0 aromatic carbocycles. The number of likely N-dealkylation sites (N-methyl/N-ethyl adjacent to an activating group) is 1. The predicted molar refractivity (Wildman–Crippen MR) is 74.0 cm³/mol. The molecule has 0 aliphatic carbocycles. The van der Waals surface area contributed by atoms with Crippen molar-refractivity contribution in [1.29, 1.82) is 0 Å². The van der Waals surface area contributed by atoms with Crippen molar-refractivity contribution in [3.05, 3.63) is 23.2 Å². The molecule has 2 heterocycles. The Bertz CT molecular complexity index is 458. The van der Waals surface area contributed by atoms with Crippen LogP contribution in [0, 0.1) is 6.92 Å². The first-order chi connectivity index (χ1) is 9.60. The largest absolute Gasteiger partial charge is 0.475 e. The van der Waals surface area contributed by atoms with Gasteiger partial charge < -0.3 is 19.6 Å². The number of carbonyl (C=O) groups is 1. The van der Waals surface area contributed by atoms with Crippen molar-refractivity contribution in [2.24, 2.45) is 0 Å². The fraction of sp³-hybridized carbons (Fsp3) is 0.643. The van der Waals surface area contributed by atoms with E-state index < -0.39 is 5.97 Å². The van der Waals surface area contributed by atoms with E-state index in [1.807, 2.05) is 0 Å². The van der Waals surface area contributed by atoms with Gasteiger partial charge in [-0.25, -0.2) is 4.79 Å². The van der Waals surface area contributed by atoms with E-state index in [2.05, 4.69) is 17.1 Å². The summed E-state index contributed by atoms with van der Waals surface area (Å²) in [4.78, 5) is 13.2. The summed E-state index contributed by atoms with van der Waals surface area (Å²) in [6, 6.07) is 1.57. The van der Waals surface area contributed by atoms with Gasteiger partial charge in [0.1, 0.15) is 5.76 Å². The Hall–Kier alpha value is -1.37. The summed E-state index contributed by atoms with van der Waals surface area (Å²) in [6.07, 6.45) is 0.190. The zero-order valence-corrected chi connectivity index (χ0v) is 12.0. The van der Waals surface area contributed by atoms with Crippen LogP contribution in [0.3, 0.4) is 0 Å². The maximum Gasteiger partial charge on any atom is 0.371 e. The highest BCUT2D eigenvalue weighted by Gasteiger charge is 2.19. The number of aryl methyl sites for hydroxylation is 1. The summed E-state index contributed by atoms with van der Waals surface area (Å²) >= 11 is 0. The van der Waals surface area contributed by atoms with Gasteiger partial charge in [0.2, 0.25) is 5.76 Å². The molecule has 1 aromatic heterocycles. The normalized spacial score (nSPS) is 20.2. The maximum atomic E-state index is 10.8. The van der Waals surface area contributed by atoms with E-state index in [-0.39, 0.29) is 11.9 Å². The Morgan fingerprint density at radius 3 is 3.05 bits per heavy atom. The summed E-state index contributed by atoms with van der Waals surface area (Å²) in [5.41, 5.74) is 0.880. The summed E-state index contributed by atoms with van der Waals surface area (Å²) in [7, 11) is 0. The summed E-state index contributed by atoms with van der Waals surface area (Å²) in [6.45, 7) is 9.02. The van der Waals surface area contributed by atoms with Gasteiger partial charge in [-0.15, -0.1) is 0 Å². The number of nitrogens with one attached hydrogen (secondary N) is 1. The zero-order chi connectivity index (χ0) is 14.5. The lowest BCUT2D eigenvalue weighted by atomic mass is 10.2. The van der Waals surface area contributed by atoms with E-state index in [0.29, 0.717) is 12.3 Å². The molecule has 0 bridgehead atoms. The standard InChI is InChI=1S/C14H22N2O4/c1-3-16-4-5-19-12(9-16)8-15-7-11-6-13(14(17)18)20-10(11)2/h6,12,15H,3-5,7-9H2,1-2H3,(H,17,18). The molecule has 1 aliphatic heterocycles. The third kappa shape index (κ3) is 3.82. The number of carboxylic acid groups (broad SMARTS) is 1. The van der Waals surface area contributed by atoms with Gasteiger partial charge in [-0.3, -0.25) is 4.90 Å². The van der Waals surface area contributed by atoms with Crippen molar-refractivity contribution in [2.45, 2.75) is 26.5 Å². The Labute approximate surface area is 118 Å². The Kier molecular flexibility index (Phi) is 5.17. The molecule has 6 nitrogen and oxygen atoms in total. The quantitative estimate of drug-likeness (QED) is 0.813. The molecular formula is C14H22N2O4.